The molecule has 1 aromatic carbocycles. The Hall–Kier alpha value is -4.01. The molecule has 3 aromatic rings. The number of ketones is 1. The van der Waals surface area contributed by atoms with E-state index in [1.165, 1.54) is 4.90 Å². The molecule has 9 heteroatoms. The zero-order valence-corrected chi connectivity index (χ0v) is 20.1. The van der Waals surface area contributed by atoms with E-state index < -0.39 is 24.1 Å². The number of fused-ring (bicyclic) bond motifs is 1. The van der Waals surface area contributed by atoms with Gasteiger partial charge < -0.3 is 15.0 Å². The lowest BCUT2D eigenvalue weighted by molar-refractivity contribution is -0.117. The topological polar surface area (TPSA) is 104 Å². The van der Waals surface area contributed by atoms with Crippen LogP contribution in [0.3, 0.4) is 0 Å². The molecule has 0 radical (unpaired) electrons. The second-order valence-electron chi connectivity index (χ2n) is 9.48. The molecule has 2 amide bonds. The highest BCUT2D eigenvalue weighted by Crippen LogP contribution is 2.36. The van der Waals surface area contributed by atoms with Gasteiger partial charge in [-0.05, 0) is 43.5 Å². The highest BCUT2D eigenvalue weighted by molar-refractivity contribution is 6.04. The molecule has 0 saturated heterocycles. The molecular formula is C27H27FN4O4. The number of alkyl halides is 1. The standard InChI is InChI=1S/C27H27FN4O4/c1-15(2)36-27(35)32-13-21-24(22(33)14-32)19(10-16-6-4-3-5-7-16)25(30-21)17-8-9-29-23(11-17)31-26(34)18-12-20(18)28/h3-9,11,15,18,20,30H,10,12-14H2,1-2H3,(H,29,31,34)/t18-,20+/m0/s1. The van der Waals surface area contributed by atoms with E-state index in [1.54, 1.807) is 32.2 Å². The van der Waals surface area contributed by atoms with E-state index in [2.05, 4.69) is 15.3 Å². The van der Waals surface area contributed by atoms with Crippen LogP contribution in [0, 0.1) is 5.92 Å². The minimum atomic E-state index is -1.10. The number of halogens is 1. The summed E-state index contributed by atoms with van der Waals surface area (Å²) in [5.74, 6) is -0.882. The van der Waals surface area contributed by atoms with E-state index >= 15 is 0 Å². The van der Waals surface area contributed by atoms with Crippen molar-refractivity contribution in [3.63, 3.8) is 0 Å². The van der Waals surface area contributed by atoms with Crippen LogP contribution in [-0.2, 0) is 22.5 Å². The van der Waals surface area contributed by atoms with Gasteiger partial charge in [-0.1, -0.05) is 30.3 Å². The Labute approximate surface area is 207 Å². The lowest BCUT2D eigenvalue weighted by atomic mass is 9.94. The van der Waals surface area contributed by atoms with Crippen LogP contribution >= 0.6 is 0 Å². The Bertz CT molecular complexity index is 1320. The van der Waals surface area contributed by atoms with Crippen LogP contribution in [0.1, 0.15) is 47.4 Å². The molecule has 8 nitrogen and oxygen atoms in total. The summed E-state index contributed by atoms with van der Waals surface area (Å²) < 4.78 is 18.6. The van der Waals surface area contributed by atoms with Crippen LogP contribution in [-0.4, -0.2) is 51.5 Å². The molecule has 186 valence electrons. The number of carbonyl (C=O) groups is 3. The summed E-state index contributed by atoms with van der Waals surface area (Å²) in [6.45, 7) is 3.66. The maximum Gasteiger partial charge on any atom is 0.410 e. The number of benzene rings is 1. The number of nitrogens with zero attached hydrogens (tertiary/aromatic N) is 2. The number of hydrogen-bond donors (Lipinski definition) is 2. The Morgan fingerprint density at radius 3 is 2.67 bits per heavy atom. The van der Waals surface area contributed by atoms with Crippen molar-refractivity contribution in [2.45, 2.75) is 45.5 Å². The maximum atomic E-state index is 13.3. The fourth-order valence-corrected chi connectivity index (χ4v) is 4.49. The smallest absolute Gasteiger partial charge is 0.410 e. The summed E-state index contributed by atoms with van der Waals surface area (Å²) in [7, 11) is 0. The number of nitrogens with one attached hydrogen (secondary N) is 2. The zero-order chi connectivity index (χ0) is 25.4. The van der Waals surface area contributed by atoms with Crippen molar-refractivity contribution >= 4 is 23.6 Å². The highest BCUT2D eigenvalue weighted by atomic mass is 19.1. The third kappa shape index (κ3) is 4.86. The van der Waals surface area contributed by atoms with Gasteiger partial charge in [-0.3, -0.25) is 14.5 Å². The minimum Gasteiger partial charge on any atom is -0.447 e. The summed E-state index contributed by atoms with van der Waals surface area (Å²) in [5.41, 5.74) is 4.48. The third-order valence-corrected chi connectivity index (χ3v) is 6.31. The Balaban J connectivity index is 1.51. The Morgan fingerprint density at radius 1 is 1.22 bits per heavy atom. The number of aromatic amines is 1. The van der Waals surface area contributed by atoms with Crippen LogP contribution in [0.15, 0.2) is 48.7 Å². The molecule has 5 rings (SSSR count). The molecule has 3 heterocycles. The number of hydrogen-bond acceptors (Lipinski definition) is 5. The molecule has 1 aliphatic carbocycles. The average Bonchev–Trinajstić information content (AvgIpc) is 3.47. The number of rotatable bonds is 6. The fraction of sp³-hybridized carbons (Fsp3) is 0.333. The van der Waals surface area contributed by atoms with Gasteiger partial charge in [0.05, 0.1) is 30.8 Å². The van der Waals surface area contributed by atoms with Crippen molar-refractivity contribution in [1.29, 1.82) is 0 Å². The second kappa shape index (κ2) is 9.56. The lowest BCUT2D eigenvalue weighted by Gasteiger charge is -2.26. The predicted octanol–water partition coefficient (Wildman–Crippen LogP) is 4.51. The minimum absolute atomic E-state index is 0.0684. The molecular weight excluding hydrogens is 463 g/mol. The molecule has 2 aromatic heterocycles. The number of carbonyl (C=O) groups excluding carboxylic acids is 3. The summed E-state index contributed by atoms with van der Waals surface area (Å²) >= 11 is 0. The van der Waals surface area contributed by atoms with E-state index in [-0.39, 0.29) is 31.4 Å². The predicted molar refractivity (Wildman–Crippen MR) is 131 cm³/mol. The van der Waals surface area contributed by atoms with Crippen LogP contribution in [0.2, 0.25) is 0 Å². The third-order valence-electron chi connectivity index (χ3n) is 6.31. The van der Waals surface area contributed by atoms with Gasteiger partial charge in [0, 0.05) is 29.4 Å². The first-order valence-electron chi connectivity index (χ1n) is 12.0. The molecule has 2 N–H and O–H groups in total. The van der Waals surface area contributed by atoms with Gasteiger partial charge in [-0.25, -0.2) is 14.2 Å². The van der Waals surface area contributed by atoms with Gasteiger partial charge in [-0.2, -0.15) is 0 Å². The van der Waals surface area contributed by atoms with Gasteiger partial charge in [-0.15, -0.1) is 0 Å². The number of amides is 2. The molecule has 36 heavy (non-hydrogen) atoms. The van der Waals surface area contributed by atoms with Gasteiger partial charge in [0.2, 0.25) is 5.91 Å². The van der Waals surface area contributed by atoms with Crippen LogP contribution in [0.5, 0.6) is 0 Å². The van der Waals surface area contributed by atoms with Crippen molar-refractivity contribution < 1.29 is 23.5 Å². The number of ether oxygens (including phenoxy) is 1. The first-order valence-corrected chi connectivity index (χ1v) is 12.0. The van der Waals surface area contributed by atoms with Crippen LogP contribution < -0.4 is 5.32 Å². The highest BCUT2D eigenvalue weighted by Gasteiger charge is 2.43. The van der Waals surface area contributed by atoms with Gasteiger partial charge in [0.1, 0.15) is 12.0 Å². The molecule has 2 atom stereocenters. The number of Topliss-reactive ketones (excluding diaryl/α,β-unsaturated/α-hetero) is 1. The molecule has 2 aliphatic rings. The van der Waals surface area contributed by atoms with Crippen molar-refractivity contribution in [3.05, 3.63) is 71.0 Å². The van der Waals surface area contributed by atoms with Crippen molar-refractivity contribution in [1.82, 2.24) is 14.9 Å². The normalized spacial score (nSPS) is 18.7. The monoisotopic (exact) mass is 490 g/mol. The SMILES string of the molecule is CC(C)OC(=O)N1CC(=O)c2c([nH]c(-c3ccnc(NC(=O)[C@H]4C[C@H]4F)c3)c2Cc2ccccc2)C1. The summed E-state index contributed by atoms with van der Waals surface area (Å²) in [4.78, 5) is 47.0. The van der Waals surface area contributed by atoms with Gasteiger partial charge >= 0.3 is 6.09 Å². The Morgan fingerprint density at radius 2 is 1.97 bits per heavy atom. The summed E-state index contributed by atoms with van der Waals surface area (Å²) in [6.07, 6.45) is 0.358. The summed E-state index contributed by atoms with van der Waals surface area (Å²) in [5, 5.41) is 2.68. The average molecular weight is 491 g/mol. The molecule has 0 unspecified atom stereocenters. The molecule has 1 saturated carbocycles. The first-order chi connectivity index (χ1) is 17.3. The van der Waals surface area contributed by atoms with Crippen LogP contribution in [0.25, 0.3) is 11.3 Å². The van der Waals surface area contributed by atoms with Gasteiger partial charge in [0.25, 0.3) is 0 Å². The van der Waals surface area contributed by atoms with E-state index in [9.17, 15) is 18.8 Å². The number of aromatic nitrogens is 2. The van der Waals surface area contributed by atoms with Gasteiger partial charge in [0.15, 0.2) is 5.78 Å². The zero-order valence-electron chi connectivity index (χ0n) is 20.1. The van der Waals surface area contributed by atoms with Crippen LogP contribution in [0.4, 0.5) is 15.0 Å². The largest absolute Gasteiger partial charge is 0.447 e. The number of anilines is 1. The molecule has 0 spiro atoms. The molecule has 1 fully saturated rings. The maximum absolute atomic E-state index is 13.3. The van der Waals surface area contributed by atoms with Crippen molar-refractivity contribution in [3.8, 4) is 11.3 Å². The van der Waals surface area contributed by atoms with Crippen molar-refractivity contribution in [2.24, 2.45) is 5.92 Å². The van der Waals surface area contributed by atoms with E-state index in [0.717, 1.165) is 16.7 Å². The van der Waals surface area contributed by atoms with E-state index in [0.29, 0.717) is 29.2 Å². The van der Waals surface area contributed by atoms with E-state index in [1.807, 2.05) is 30.3 Å². The second-order valence-corrected chi connectivity index (χ2v) is 9.48. The van der Waals surface area contributed by atoms with Crippen molar-refractivity contribution in [2.75, 3.05) is 11.9 Å². The molecule has 1 aliphatic heterocycles. The number of H-pyrrole nitrogens is 1. The summed E-state index contributed by atoms with van der Waals surface area (Å²) in [6, 6.07) is 13.3. The molecule has 0 bridgehead atoms. The first kappa shape index (κ1) is 23.7. The fourth-order valence-electron chi connectivity index (χ4n) is 4.49. The number of pyridine rings is 1. The van der Waals surface area contributed by atoms with E-state index in [4.69, 9.17) is 4.74 Å². The Kier molecular flexibility index (Phi) is 6.30. The lowest BCUT2D eigenvalue weighted by Crippen LogP contribution is -2.40. The quantitative estimate of drug-likeness (QED) is 0.529.